The zero-order chi connectivity index (χ0) is 6.41. The van der Waals surface area contributed by atoms with Gasteiger partial charge in [-0.2, -0.15) is 10.5 Å². The van der Waals surface area contributed by atoms with Crippen molar-refractivity contribution in [3.05, 3.63) is 17.9 Å². The summed E-state index contributed by atoms with van der Waals surface area (Å²) < 4.78 is 0. The molecule has 0 aliphatic rings. The van der Waals surface area contributed by atoms with E-state index in [-0.39, 0.29) is 6.42 Å². The van der Waals surface area contributed by atoms with Gasteiger partial charge in [-0.05, 0) is 0 Å². The summed E-state index contributed by atoms with van der Waals surface area (Å²) in [6.45, 7) is 3.21. The minimum Gasteiger partial charge on any atom is -0.198 e. The lowest BCUT2D eigenvalue weighted by molar-refractivity contribution is 1.28. The molecule has 0 saturated heterocycles. The minimum atomic E-state index is 0.111. The lowest BCUT2D eigenvalue weighted by Gasteiger charge is -1.74. The molecule has 0 aromatic carbocycles. The SMILES string of the molecule is C=C=C(C#N)CC#N. The molecule has 0 radical (unpaired) electrons. The van der Waals surface area contributed by atoms with Crippen molar-refractivity contribution in [2.75, 3.05) is 0 Å². The quantitative estimate of drug-likeness (QED) is 0.370. The molecule has 0 aliphatic carbocycles. The topological polar surface area (TPSA) is 47.6 Å². The first kappa shape index (κ1) is 6.50. The monoisotopic (exact) mass is 104 g/mol. The van der Waals surface area contributed by atoms with Crippen LogP contribution in [0.3, 0.4) is 0 Å². The molecule has 0 N–H and O–H groups in total. The molecule has 0 heterocycles. The second-order valence-electron chi connectivity index (χ2n) is 1.10. The van der Waals surface area contributed by atoms with Crippen molar-refractivity contribution < 1.29 is 0 Å². The Morgan fingerprint density at radius 3 is 2.25 bits per heavy atom. The third-order valence-corrected chi connectivity index (χ3v) is 0.604. The predicted molar refractivity (Wildman–Crippen MR) is 28.5 cm³/mol. The van der Waals surface area contributed by atoms with E-state index in [1.54, 1.807) is 6.07 Å². The Kier molecular flexibility index (Phi) is 2.99. The van der Waals surface area contributed by atoms with Gasteiger partial charge >= 0.3 is 0 Å². The van der Waals surface area contributed by atoms with Crippen LogP contribution in [0.25, 0.3) is 0 Å². The van der Waals surface area contributed by atoms with Crippen molar-refractivity contribution in [3.63, 3.8) is 0 Å². The highest BCUT2D eigenvalue weighted by atomic mass is 14.3. The summed E-state index contributed by atoms with van der Waals surface area (Å²) in [5.74, 6) is 0. The molecule has 0 aromatic heterocycles. The third-order valence-electron chi connectivity index (χ3n) is 0.604. The highest BCUT2D eigenvalue weighted by Crippen LogP contribution is 1.91. The lowest BCUT2D eigenvalue weighted by atomic mass is 10.2. The van der Waals surface area contributed by atoms with Gasteiger partial charge in [0.25, 0.3) is 0 Å². The van der Waals surface area contributed by atoms with Gasteiger partial charge in [0.1, 0.15) is 6.07 Å². The van der Waals surface area contributed by atoms with Crippen molar-refractivity contribution in [2.45, 2.75) is 6.42 Å². The standard InChI is InChI=1S/C6H4N2/c1-2-6(5-8)3-4-7/h1,3H2. The Hall–Kier alpha value is -1.50. The number of rotatable bonds is 1. The highest BCUT2D eigenvalue weighted by molar-refractivity contribution is 5.21. The molecule has 0 fully saturated rings. The van der Waals surface area contributed by atoms with Gasteiger partial charge in [-0.25, -0.2) is 0 Å². The molecule has 0 aliphatic heterocycles. The average Bonchev–Trinajstić information content (AvgIpc) is 1.83. The van der Waals surface area contributed by atoms with E-state index >= 15 is 0 Å². The lowest BCUT2D eigenvalue weighted by Crippen LogP contribution is -1.69. The van der Waals surface area contributed by atoms with Gasteiger partial charge in [0, 0.05) is 0 Å². The van der Waals surface area contributed by atoms with E-state index in [9.17, 15) is 0 Å². The zero-order valence-corrected chi connectivity index (χ0v) is 4.31. The van der Waals surface area contributed by atoms with Gasteiger partial charge < -0.3 is 0 Å². The molecular formula is C6H4N2. The molecule has 2 nitrogen and oxygen atoms in total. The zero-order valence-electron chi connectivity index (χ0n) is 4.31. The van der Waals surface area contributed by atoms with Crippen molar-refractivity contribution in [3.8, 4) is 12.1 Å². The number of nitrogens with zero attached hydrogens (tertiary/aromatic N) is 2. The summed E-state index contributed by atoms with van der Waals surface area (Å²) in [6, 6.07) is 3.58. The van der Waals surface area contributed by atoms with Gasteiger partial charge in [0.2, 0.25) is 0 Å². The molecule has 2 heteroatoms. The maximum atomic E-state index is 8.12. The normalized spacial score (nSPS) is 5.75. The minimum absolute atomic E-state index is 0.111. The van der Waals surface area contributed by atoms with E-state index in [0.717, 1.165) is 0 Å². The maximum absolute atomic E-state index is 8.12. The molecule has 0 rings (SSSR count). The van der Waals surface area contributed by atoms with Gasteiger partial charge in [-0.3, -0.25) is 0 Å². The van der Waals surface area contributed by atoms with Crippen LogP contribution in [0.1, 0.15) is 6.42 Å². The molecule has 38 valence electrons. The van der Waals surface area contributed by atoms with Crippen LogP contribution in [0.2, 0.25) is 0 Å². The van der Waals surface area contributed by atoms with Crippen LogP contribution >= 0.6 is 0 Å². The molecular weight excluding hydrogens is 100 g/mol. The fraction of sp³-hybridized carbons (Fsp3) is 0.167. The Morgan fingerprint density at radius 1 is 1.50 bits per heavy atom. The van der Waals surface area contributed by atoms with Crippen LogP contribution in [-0.4, -0.2) is 0 Å². The van der Waals surface area contributed by atoms with E-state index < -0.39 is 0 Å². The molecule has 0 saturated carbocycles. The van der Waals surface area contributed by atoms with Crippen LogP contribution in [0.15, 0.2) is 17.9 Å². The molecule has 0 aromatic rings. The number of hydrogen-bond donors (Lipinski definition) is 0. The molecule has 0 amide bonds. The Bertz CT molecular complexity index is 196. The molecule has 8 heavy (non-hydrogen) atoms. The summed E-state index contributed by atoms with van der Waals surface area (Å²) >= 11 is 0. The van der Waals surface area contributed by atoms with Gasteiger partial charge in [0.15, 0.2) is 0 Å². The van der Waals surface area contributed by atoms with Gasteiger partial charge in [0.05, 0.1) is 18.1 Å². The fourth-order valence-electron chi connectivity index (χ4n) is 0.221. The van der Waals surface area contributed by atoms with E-state index in [1.807, 2.05) is 6.07 Å². The van der Waals surface area contributed by atoms with Crippen molar-refractivity contribution in [1.82, 2.24) is 0 Å². The number of hydrogen-bond acceptors (Lipinski definition) is 2. The third kappa shape index (κ3) is 1.82. The van der Waals surface area contributed by atoms with Crippen LogP contribution < -0.4 is 0 Å². The summed E-state index contributed by atoms with van der Waals surface area (Å²) in [6.07, 6.45) is 0.111. The van der Waals surface area contributed by atoms with Crippen LogP contribution in [0, 0.1) is 22.7 Å². The first-order chi connectivity index (χ1) is 3.85. The number of allylic oxidation sites excluding steroid dienone is 1. The highest BCUT2D eigenvalue weighted by Gasteiger charge is 1.86. The first-order valence-corrected chi connectivity index (χ1v) is 2.01. The fourth-order valence-corrected chi connectivity index (χ4v) is 0.221. The van der Waals surface area contributed by atoms with Crippen molar-refractivity contribution in [1.29, 1.82) is 10.5 Å². The van der Waals surface area contributed by atoms with Crippen LogP contribution in [-0.2, 0) is 0 Å². The first-order valence-electron chi connectivity index (χ1n) is 2.01. The van der Waals surface area contributed by atoms with E-state index in [1.165, 1.54) is 0 Å². The summed E-state index contributed by atoms with van der Waals surface area (Å²) in [5, 5.41) is 16.1. The van der Waals surface area contributed by atoms with Gasteiger partial charge in [-0.15, -0.1) is 5.73 Å². The Labute approximate surface area is 48.0 Å². The van der Waals surface area contributed by atoms with E-state index in [2.05, 4.69) is 12.3 Å². The molecule has 0 unspecified atom stereocenters. The second-order valence-corrected chi connectivity index (χ2v) is 1.10. The van der Waals surface area contributed by atoms with E-state index in [0.29, 0.717) is 5.57 Å². The molecule has 0 bridgehead atoms. The van der Waals surface area contributed by atoms with Crippen LogP contribution in [0.5, 0.6) is 0 Å². The summed E-state index contributed by atoms with van der Waals surface area (Å²) in [7, 11) is 0. The maximum Gasteiger partial charge on any atom is 0.104 e. The average molecular weight is 104 g/mol. The summed E-state index contributed by atoms with van der Waals surface area (Å²) in [4.78, 5) is 0. The van der Waals surface area contributed by atoms with Crippen molar-refractivity contribution >= 4 is 0 Å². The molecule has 0 atom stereocenters. The Balaban J connectivity index is 4.04. The van der Waals surface area contributed by atoms with E-state index in [4.69, 9.17) is 10.5 Å². The smallest absolute Gasteiger partial charge is 0.104 e. The van der Waals surface area contributed by atoms with Gasteiger partial charge in [-0.1, -0.05) is 6.58 Å². The largest absolute Gasteiger partial charge is 0.198 e. The number of nitriles is 2. The Morgan fingerprint density at radius 2 is 2.12 bits per heavy atom. The van der Waals surface area contributed by atoms with Crippen LogP contribution in [0.4, 0.5) is 0 Å². The van der Waals surface area contributed by atoms with Crippen molar-refractivity contribution in [2.24, 2.45) is 0 Å². The molecule has 0 spiro atoms. The predicted octanol–water partition coefficient (Wildman–Crippen LogP) is 1.13. The second kappa shape index (κ2) is 3.68. The summed E-state index contributed by atoms with van der Waals surface area (Å²) in [5.41, 5.74) is 2.63.